The third kappa shape index (κ3) is 1.87. The summed E-state index contributed by atoms with van der Waals surface area (Å²) in [6.07, 6.45) is 0.884. The average molecular weight is 190 g/mol. The van der Waals surface area contributed by atoms with Gasteiger partial charge in [0.1, 0.15) is 0 Å². The van der Waals surface area contributed by atoms with E-state index >= 15 is 0 Å². The fourth-order valence-electron chi connectivity index (χ4n) is 1.31. The summed E-state index contributed by atoms with van der Waals surface area (Å²) < 4.78 is 0. The molecule has 2 rings (SSSR count). The Morgan fingerprint density at radius 2 is 1.93 bits per heavy atom. The number of hydrogen-bond donors (Lipinski definition) is 0. The third-order valence-electron chi connectivity index (χ3n) is 1.90. The molecule has 0 spiro atoms. The third-order valence-corrected chi connectivity index (χ3v) is 1.90. The number of hydrogen-bond acceptors (Lipinski definition) is 1. The number of para-hydroxylation sites is 1. The first-order valence-electron chi connectivity index (χ1n) is 4.90. The van der Waals surface area contributed by atoms with Crippen LogP contribution in [0.25, 0.3) is 0 Å². The Hall–Kier alpha value is -1.51. The Bertz CT molecular complexity index is 449. The van der Waals surface area contributed by atoms with Gasteiger partial charge in [-0.25, -0.2) is 4.79 Å². The van der Waals surface area contributed by atoms with Gasteiger partial charge in [-0.2, -0.15) is 9.98 Å². The van der Waals surface area contributed by atoms with Gasteiger partial charge in [0, 0.05) is 0 Å². The van der Waals surface area contributed by atoms with Crippen LogP contribution in [0.4, 0.5) is 4.79 Å². The second kappa shape index (κ2) is 4.65. The molecule has 74 valence electrons. The van der Waals surface area contributed by atoms with Crippen molar-refractivity contribution in [3.05, 3.63) is 34.5 Å². The maximum atomic E-state index is 10.8. The van der Waals surface area contributed by atoms with Crippen molar-refractivity contribution in [3.8, 4) is 0 Å². The fourth-order valence-corrected chi connectivity index (χ4v) is 1.31. The van der Waals surface area contributed by atoms with E-state index in [9.17, 15) is 4.79 Å². The lowest BCUT2D eigenvalue weighted by Gasteiger charge is -1.91. The Kier molecular flexibility index (Phi) is 3.51. The van der Waals surface area contributed by atoms with Crippen molar-refractivity contribution in [2.75, 3.05) is 0 Å². The van der Waals surface area contributed by atoms with E-state index in [0.717, 1.165) is 17.3 Å². The van der Waals surface area contributed by atoms with Crippen molar-refractivity contribution >= 4 is 6.03 Å². The number of fused-ring (bicyclic) bond motifs is 1. The lowest BCUT2D eigenvalue weighted by molar-refractivity contribution is 0.256. The van der Waals surface area contributed by atoms with Crippen LogP contribution in [0.1, 0.15) is 26.3 Å². The summed E-state index contributed by atoms with van der Waals surface area (Å²) in [6, 6.07) is 5.29. The van der Waals surface area contributed by atoms with Crippen molar-refractivity contribution in [1.29, 1.82) is 0 Å². The van der Waals surface area contributed by atoms with E-state index in [0.29, 0.717) is 5.36 Å². The second-order valence-electron chi connectivity index (χ2n) is 2.64. The van der Waals surface area contributed by atoms with Gasteiger partial charge in [-0.1, -0.05) is 32.9 Å². The van der Waals surface area contributed by atoms with Gasteiger partial charge in [0.2, 0.25) is 0 Å². The Morgan fingerprint density at radius 1 is 1.21 bits per heavy atom. The molecule has 0 atom stereocenters. The van der Waals surface area contributed by atoms with Crippen molar-refractivity contribution in [2.45, 2.75) is 27.2 Å². The monoisotopic (exact) mass is 190 g/mol. The predicted octanol–water partition coefficient (Wildman–Crippen LogP) is 1.65. The minimum Gasteiger partial charge on any atom is -0.244 e. The summed E-state index contributed by atoms with van der Waals surface area (Å²) in [5, 5.41) is 1.46. The molecule has 1 aliphatic heterocycles. The van der Waals surface area contributed by atoms with E-state index in [1.54, 1.807) is 0 Å². The molecular weight excluding hydrogens is 176 g/mol. The van der Waals surface area contributed by atoms with Crippen LogP contribution in [0.2, 0.25) is 0 Å². The standard InChI is InChI=1S/C9H8N2O.C2H6/c1-2-6-4-3-5-7-8(6)11-9(12)10-7;1-2/h3-5H,2H2,1H3;1-2H3. The molecule has 0 aliphatic carbocycles. The van der Waals surface area contributed by atoms with Crippen molar-refractivity contribution in [1.82, 2.24) is 0 Å². The zero-order chi connectivity index (χ0) is 10.6. The van der Waals surface area contributed by atoms with Crippen LogP contribution < -0.4 is 10.7 Å². The van der Waals surface area contributed by atoms with Gasteiger partial charge in [-0.05, 0) is 18.1 Å². The highest BCUT2D eigenvalue weighted by atomic mass is 16.2. The highest BCUT2D eigenvalue weighted by Gasteiger charge is 2.06. The number of rotatable bonds is 1. The van der Waals surface area contributed by atoms with Crippen LogP contribution in [0.15, 0.2) is 28.2 Å². The topological polar surface area (TPSA) is 41.8 Å². The zero-order valence-corrected chi connectivity index (χ0v) is 8.74. The quantitative estimate of drug-likeness (QED) is 0.663. The number of amides is 2. The molecule has 3 nitrogen and oxygen atoms in total. The lowest BCUT2D eigenvalue weighted by atomic mass is 10.1. The number of carbonyl (C=O) groups is 1. The van der Waals surface area contributed by atoms with Gasteiger partial charge >= 0.3 is 6.03 Å². The Morgan fingerprint density at radius 3 is 2.57 bits per heavy atom. The van der Waals surface area contributed by atoms with E-state index < -0.39 is 0 Å². The summed E-state index contributed by atoms with van der Waals surface area (Å²) in [4.78, 5) is 18.4. The summed E-state index contributed by atoms with van der Waals surface area (Å²) >= 11 is 0. The van der Waals surface area contributed by atoms with Gasteiger partial charge < -0.3 is 0 Å². The van der Waals surface area contributed by atoms with E-state index in [4.69, 9.17) is 0 Å². The van der Waals surface area contributed by atoms with Crippen LogP contribution in [-0.2, 0) is 6.42 Å². The predicted molar refractivity (Wildman–Crippen MR) is 54.9 cm³/mol. The van der Waals surface area contributed by atoms with Crippen LogP contribution in [0.5, 0.6) is 0 Å². The molecule has 14 heavy (non-hydrogen) atoms. The second-order valence-corrected chi connectivity index (χ2v) is 2.64. The van der Waals surface area contributed by atoms with Gasteiger partial charge in [0.25, 0.3) is 0 Å². The van der Waals surface area contributed by atoms with E-state index in [1.807, 2.05) is 39.0 Å². The molecule has 1 heterocycles. The number of urea groups is 1. The maximum Gasteiger partial charge on any atom is 0.368 e. The number of carbonyl (C=O) groups excluding carboxylic acids is 1. The minimum atomic E-state index is -0.383. The molecule has 0 saturated carbocycles. The molecule has 1 aromatic rings. The molecule has 1 aliphatic rings. The van der Waals surface area contributed by atoms with Crippen molar-refractivity contribution in [3.63, 3.8) is 0 Å². The van der Waals surface area contributed by atoms with Crippen molar-refractivity contribution in [2.24, 2.45) is 9.98 Å². The van der Waals surface area contributed by atoms with E-state index in [-0.39, 0.29) is 6.03 Å². The number of nitrogens with zero attached hydrogens (tertiary/aromatic N) is 2. The van der Waals surface area contributed by atoms with Gasteiger partial charge in [0.15, 0.2) is 0 Å². The van der Waals surface area contributed by atoms with Crippen LogP contribution >= 0.6 is 0 Å². The minimum absolute atomic E-state index is 0.383. The molecule has 0 unspecified atom stereocenters. The highest BCUT2D eigenvalue weighted by molar-refractivity contribution is 5.77. The molecule has 1 aromatic carbocycles. The highest BCUT2D eigenvalue weighted by Crippen LogP contribution is 1.92. The first kappa shape index (κ1) is 10.6. The first-order chi connectivity index (χ1) is 6.81. The zero-order valence-electron chi connectivity index (χ0n) is 8.74. The van der Waals surface area contributed by atoms with E-state index in [2.05, 4.69) is 9.98 Å². The smallest absolute Gasteiger partial charge is 0.244 e. The molecule has 0 N–H and O–H groups in total. The molecule has 0 fully saturated rings. The Labute approximate surface area is 83.2 Å². The molecule has 2 amide bonds. The molecule has 0 bridgehead atoms. The van der Waals surface area contributed by atoms with Crippen LogP contribution in [0, 0.1) is 0 Å². The fraction of sp³-hybridized carbons (Fsp3) is 0.364. The maximum absolute atomic E-state index is 10.8. The summed E-state index contributed by atoms with van der Waals surface area (Å²) in [5.74, 6) is 0. The Balaban J connectivity index is 0.000000461. The summed E-state index contributed by atoms with van der Waals surface area (Å²) in [5.41, 5.74) is 1.09. The van der Waals surface area contributed by atoms with Gasteiger partial charge in [-0.3, -0.25) is 0 Å². The first-order valence-corrected chi connectivity index (χ1v) is 4.90. The molecule has 3 heteroatoms. The SMILES string of the molecule is CC.CCc1cccc2c1=NC(=O)N=2. The average Bonchev–Trinajstić information content (AvgIpc) is 2.60. The molecule has 0 radical (unpaired) electrons. The van der Waals surface area contributed by atoms with Crippen molar-refractivity contribution < 1.29 is 4.79 Å². The normalized spacial score (nSPS) is 12.1. The number of aryl methyl sites for hydroxylation is 1. The van der Waals surface area contributed by atoms with Gasteiger partial charge in [-0.15, -0.1) is 0 Å². The van der Waals surface area contributed by atoms with Crippen LogP contribution in [-0.4, -0.2) is 6.03 Å². The summed E-state index contributed by atoms with van der Waals surface area (Å²) in [6.45, 7) is 6.04. The lowest BCUT2D eigenvalue weighted by Crippen LogP contribution is -2.25. The number of benzene rings is 1. The largest absolute Gasteiger partial charge is 0.368 e. The van der Waals surface area contributed by atoms with E-state index in [1.165, 1.54) is 0 Å². The molecule has 0 saturated heterocycles. The van der Waals surface area contributed by atoms with Gasteiger partial charge in [0.05, 0.1) is 10.7 Å². The summed E-state index contributed by atoms with van der Waals surface area (Å²) in [7, 11) is 0. The van der Waals surface area contributed by atoms with Crippen LogP contribution in [0.3, 0.4) is 0 Å². The molecular formula is C11H14N2O. The molecule has 0 aromatic heterocycles.